The van der Waals surface area contributed by atoms with Crippen LogP contribution in [0.4, 0.5) is 4.39 Å². The van der Waals surface area contributed by atoms with E-state index in [2.05, 4.69) is 21.2 Å². The second-order valence-electron chi connectivity index (χ2n) is 5.48. The summed E-state index contributed by atoms with van der Waals surface area (Å²) in [7, 11) is -3.65. The van der Waals surface area contributed by atoms with Crippen molar-refractivity contribution in [3.8, 4) is 0 Å². The Hall–Kier alpha value is -0.500. The Morgan fingerprint density at radius 1 is 1.40 bits per heavy atom. The van der Waals surface area contributed by atoms with Crippen LogP contribution in [0.25, 0.3) is 0 Å². The highest BCUT2D eigenvalue weighted by molar-refractivity contribution is 9.10. The molecule has 2 aliphatic rings. The summed E-state index contributed by atoms with van der Waals surface area (Å²) in [5.74, 6) is -0.195. The molecule has 0 spiro atoms. The maximum Gasteiger partial charge on any atom is 0.243 e. The highest BCUT2D eigenvalue weighted by Gasteiger charge is 2.47. The zero-order chi connectivity index (χ0) is 14.5. The molecule has 1 N–H and O–H groups in total. The molecule has 0 amide bonds. The fourth-order valence-electron chi connectivity index (χ4n) is 3.30. The molecule has 0 bridgehead atoms. The van der Waals surface area contributed by atoms with Crippen LogP contribution in [0.5, 0.6) is 0 Å². The van der Waals surface area contributed by atoms with E-state index in [1.807, 2.05) is 6.92 Å². The summed E-state index contributed by atoms with van der Waals surface area (Å²) in [5, 5.41) is 3.23. The van der Waals surface area contributed by atoms with Crippen LogP contribution in [-0.2, 0) is 10.0 Å². The number of nitrogens with zero attached hydrogens (tertiary/aromatic N) is 1. The molecule has 0 aliphatic carbocycles. The van der Waals surface area contributed by atoms with Crippen molar-refractivity contribution in [3.63, 3.8) is 0 Å². The average Bonchev–Trinajstić information content (AvgIpc) is 2.91. The fraction of sp³-hybridized carbons (Fsp3) is 0.538. The van der Waals surface area contributed by atoms with Crippen molar-refractivity contribution in [2.75, 3.05) is 13.1 Å². The van der Waals surface area contributed by atoms with Crippen LogP contribution in [0.2, 0.25) is 0 Å². The molecule has 2 fully saturated rings. The highest BCUT2D eigenvalue weighted by atomic mass is 79.9. The summed E-state index contributed by atoms with van der Waals surface area (Å²) in [6, 6.07) is 3.92. The Labute approximate surface area is 126 Å². The van der Waals surface area contributed by atoms with Gasteiger partial charge in [0.25, 0.3) is 0 Å². The Morgan fingerprint density at radius 3 is 2.85 bits per heavy atom. The Morgan fingerprint density at radius 2 is 2.15 bits per heavy atom. The molecule has 2 aliphatic heterocycles. The molecule has 110 valence electrons. The first-order valence-electron chi connectivity index (χ1n) is 6.60. The normalized spacial score (nSPS) is 30.6. The lowest BCUT2D eigenvalue weighted by molar-refractivity contribution is 0.335. The van der Waals surface area contributed by atoms with E-state index in [9.17, 15) is 12.8 Å². The van der Waals surface area contributed by atoms with Gasteiger partial charge in [-0.3, -0.25) is 0 Å². The van der Waals surface area contributed by atoms with Gasteiger partial charge in [-0.15, -0.1) is 0 Å². The summed E-state index contributed by atoms with van der Waals surface area (Å²) in [5.41, 5.74) is 0. The van der Waals surface area contributed by atoms with Gasteiger partial charge >= 0.3 is 0 Å². The minimum Gasteiger partial charge on any atom is -0.315 e. The molecule has 3 unspecified atom stereocenters. The molecule has 20 heavy (non-hydrogen) atoms. The molecule has 4 nitrogen and oxygen atoms in total. The van der Waals surface area contributed by atoms with Gasteiger partial charge in [-0.05, 0) is 59.9 Å². The van der Waals surface area contributed by atoms with Gasteiger partial charge in [-0.25, -0.2) is 12.8 Å². The molecule has 3 atom stereocenters. The summed E-state index contributed by atoms with van der Waals surface area (Å²) < 4.78 is 41.0. The van der Waals surface area contributed by atoms with Gasteiger partial charge < -0.3 is 5.32 Å². The quantitative estimate of drug-likeness (QED) is 0.874. The molecule has 2 saturated heterocycles. The molecule has 1 aromatic carbocycles. The smallest absolute Gasteiger partial charge is 0.243 e. The molecular formula is C13H16BrFN2O2S. The molecule has 0 radical (unpaired) electrons. The standard InChI is InChI=1S/C13H16BrFN2O2S/c1-8-4-9-6-16-7-13(9)17(8)20(18,19)10-2-3-11(14)12(15)5-10/h2-3,5,8-9,13,16H,4,6-7H2,1H3. The topological polar surface area (TPSA) is 49.4 Å². The molecule has 1 aromatic rings. The fourth-order valence-corrected chi connectivity index (χ4v) is 5.45. The number of nitrogens with one attached hydrogen (secondary N) is 1. The lowest BCUT2D eigenvalue weighted by atomic mass is 10.0. The van der Waals surface area contributed by atoms with Crippen LogP contribution >= 0.6 is 15.9 Å². The number of sulfonamides is 1. The second kappa shape index (κ2) is 5.05. The van der Waals surface area contributed by atoms with Crippen molar-refractivity contribution in [1.29, 1.82) is 0 Å². The predicted octanol–water partition coefficient (Wildman–Crippen LogP) is 1.96. The monoisotopic (exact) mass is 362 g/mol. The third-order valence-corrected chi connectivity index (χ3v) is 6.85. The summed E-state index contributed by atoms with van der Waals surface area (Å²) in [4.78, 5) is 0.0256. The van der Waals surface area contributed by atoms with Crippen LogP contribution in [0.3, 0.4) is 0 Å². The SMILES string of the molecule is CC1CC2CNCC2N1S(=O)(=O)c1ccc(Br)c(F)c1. The van der Waals surface area contributed by atoms with Gasteiger partial charge in [0.1, 0.15) is 5.82 Å². The first-order chi connectivity index (χ1) is 9.41. The van der Waals surface area contributed by atoms with Gasteiger partial charge in [0.05, 0.1) is 9.37 Å². The number of benzene rings is 1. The maximum absolute atomic E-state index is 13.6. The number of hydrogen-bond donors (Lipinski definition) is 1. The second-order valence-corrected chi connectivity index (χ2v) is 8.18. The van der Waals surface area contributed by atoms with Crippen LogP contribution < -0.4 is 5.32 Å². The van der Waals surface area contributed by atoms with E-state index < -0.39 is 15.8 Å². The van der Waals surface area contributed by atoms with E-state index in [1.165, 1.54) is 12.1 Å². The zero-order valence-electron chi connectivity index (χ0n) is 11.0. The van der Waals surface area contributed by atoms with E-state index in [0.29, 0.717) is 12.5 Å². The summed E-state index contributed by atoms with van der Waals surface area (Å²) in [6.07, 6.45) is 0.857. The first-order valence-corrected chi connectivity index (χ1v) is 8.84. The molecular weight excluding hydrogens is 347 g/mol. The van der Waals surface area contributed by atoms with E-state index in [4.69, 9.17) is 0 Å². The van der Waals surface area contributed by atoms with E-state index in [-0.39, 0.29) is 21.5 Å². The summed E-state index contributed by atoms with van der Waals surface area (Å²) in [6.45, 7) is 3.45. The number of rotatable bonds is 2. The summed E-state index contributed by atoms with van der Waals surface area (Å²) >= 11 is 3.04. The van der Waals surface area contributed by atoms with Crippen LogP contribution in [0, 0.1) is 11.7 Å². The zero-order valence-corrected chi connectivity index (χ0v) is 13.4. The van der Waals surface area contributed by atoms with Crippen LogP contribution in [-0.4, -0.2) is 37.9 Å². The third kappa shape index (κ3) is 2.20. The predicted molar refractivity (Wildman–Crippen MR) is 77.4 cm³/mol. The van der Waals surface area contributed by atoms with Crippen molar-refractivity contribution in [2.45, 2.75) is 30.3 Å². The van der Waals surface area contributed by atoms with Gasteiger partial charge in [0, 0.05) is 18.6 Å². The largest absolute Gasteiger partial charge is 0.315 e. The Bertz CT molecular complexity index is 637. The minimum atomic E-state index is -3.65. The third-order valence-electron chi connectivity index (χ3n) is 4.18. The molecule has 7 heteroatoms. The van der Waals surface area contributed by atoms with Gasteiger partial charge in [-0.2, -0.15) is 4.31 Å². The number of halogens is 2. The van der Waals surface area contributed by atoms with Crippen molar-refractivity contribution < 1.29 is 12.8 Å². The lowest BCUT2D eigenvalue weighted by Crippen LogP contribution is -2.42. The van der Waals surface area contributed by atoms with Crippen molar-refractivity contribution in [2.24, 2.45) is 5.92 Å². The van der Waals surface area contributed by atoms with Crippen molar-refractivity contribution >= 4 is 26.0 Å². The van der Waals surface area contributed by atoms with E-state index in [1.54, 1.807) is 4.31 Å². The highest BCUT2D eigenvalue weighted by Crippen LogP contribution is 2.37. The van der Waals surface area contributed by atoms with Crippen molar-refractivity contribution in [1.82, 2.24) is 9.62 Å². The van der Waals surface area contributed by atoms with E-state index >= 15 is 0 Å². The first kappa shape index (κ1) is 14.4. The maximum atomic E-state index is 13.6. The lowest BCUT2D eigenvalue weighted by Gasteiger charge is -2.26. The average molecular weight is 363 g/mol. The number of fused-ring (bicyclic) bond motifs is 1. The van der Waals surface area contributed by atoms with Gasteiger partial charge in [0.2, 0.25) is 10.0 Å². The molecule has 0 aromatic heterocycles. The van der Waals surface area contributed by atoms with Gasteiger partial charge in [-0.1, -0.05) is 0 Å². The van der Waals surface area contributed by atoms with Crippen LogP contribution in [0.1, 0.15) is 13.3 Å². The molecule has 3 rings (SSSR count). The Kier molecular flexibility index (Phi) is 3.64. The Balaban J connectivity index is 2.00. The minimum absolute atomic E-state index is 0.0123. The van der Waals surface area contributed by atoms with Crippen LogP contribution in [0.15, 0.2) is 27.6 Å². The van der Waals surface area contributed by atoms with Crippen molar-refractivity contribution in [3.05, 3.63) is 28.5 Å². The molecule has 2 heterocycles. The van der Waals surface area contributed by atoms with E-state index in [0.717, 1.165) is 19.0 Å². The van der Waals surface area contributed by atoms with Gasteiger partial charge in [0.15, 0.2) is 0 Å². The molecule has 0 saturated carbocycles. The number of hydrogen-bond acceptors (Lipinski definition) is 3.